The van der Waals surface area contributed by atoms with Crippen LogP contribution in [0, 0.1) is 17.7 Å². The number of rotatable bonds is 17. The van der Waals surface area contributed by atoms with Crippen molar-refractivity contribution in [2.45, 2.75) is 127 Å². The highest BCUT2D eigenvalue weighted by molar-refractivity contribution is 7.91. The van der Waals surface area contributed by atoms with Crippen molar-refractivity contribution < 1.29 is 50.2 Å². The number of hydrogen-bond donors (Lipinski definition) is 3. The highest BCUT2D eigenvalue weighted by Crippen LogP contribution is 2.44. The van der Waals surface area contributed by atoms with Gasteiger partial charge in [-0.2, -0.15) is 17.4 Å². The molecule has 0 aromatic heterocycles. The van der Waals surface area contributed by atoms with Gasteiger partial charge in [0.2, 0.25) is 18.2 Å². The Labute approximate surface area is 295 Å². The molecule has 12 nitrogen and oxygen atoms in total. The van der Waals surface area contributed by atoms with Crippen LogP contribution < -0.4 is 10.0 Å². The number of carbonyl (C=O) groups is 3. The van der Waals surface area contributed by atoms with E-state index in [1.807, 2.05) is 6.92 Å². The number of alkyl halides is 3. The first-order valence-electron chi connectivity index (χ1n) is 17.6. The van der Waals surface area contributed by atoms with Crippen LogP contribution in [0.1, 0.15) is 89.2 Å². The molecule has 2 unspecified atom stereocenters. The summed E-state index contributed by atoms with van der Waals surface area (Å²) in [6.45, 7) is 3.27. The minimum absolute atomic E-state index is 0.0705. The van der Waals surface area contributed by atoms with Crippen LogP contribution >= 0.6 is 0 Å². The molecule has 1 aromatic rings. The van der Waals surface area contributed by atoms with Gasteiger partial charge in [-0.1, -0.05) is 51.7 Å². The number of halogens is 4. The van der Waals surface area contributed by atoms with E-state index in [2.05, 4.69) is 15.0 Å². The highest BCUT2D eigenvalue weighted by atomic mass is 32.2. The third-order valence-corrected chi connectivity index (χ3v) is 12.0. The number of carbonyl (C=O) groups excluding carboxylic acids is 3. The Bertz CT molecular complexity index is 1590. The standard InChI is InChI=1S/C34H47F4N5O7S/c1-3-4-5-6-8-22(17-39-14-13-34(36,37)38)30(45)43-19-24(50-32(47)42-18-23-9-7-10-27(35)26(23)20-42)15-28(43)29(44)40-33(16-21(33)2)31(46)41-51(48,49)25-11-12-25/h7,9-10,17,21-22,24-25,28,32,47H,3-6,8,11-16,18-20H2,1-2H3,(H,40,44)(H,41,46,48,49)/p+1/t21-,22?,24-,28+,32+,33-/m1/s1. The number of benzene rings is 1. The molecule has 2 saturated carbocycles. The molecule has 1 aromatic carbocycles. The van der Waals surface area contributed by atoms with E-state index in [-0.39, 0.29) is 44.8 Å². The van der Waals surface area contributed by atoms with Crippen LogP contribution in [0.3, 0.4) is 0 Å². The lowest BCUT2D eigenvalue weighted by Gasteiger charge is -2.28. The lowest BCUT2D eigenvalue weighted by molar-refractivity contribution is -0.218. The zero-order chi connectivity index (χ0) is 37.1. The normalized spacial score (nSPS) is 27.2. The fraction of sp³-hybridized carbons (Fsp3) is 0.706. The predicted molar refractivity (Wildman–Crippen MR) is 179 cm³/mol. The van der Waals surface area contributed by atoms with Gasteiger partial charge in [0.05, 0.1) is 18.4 Å². The van der Waals surface area contributed by atoms with E-state index >= 15 is 0 Å². The van der Waals surface area contributed by atoms with Crippen LogP contribution in [0.25, 0.3) is 0 Å². The Morgan fingerprint density at radius 3 is 2.57 bits per heavy atom. The van der Waals surface area contributed by atoms with Crippen molar-refractivity contribution in [1.82, 2.24) is 19.8 Å². The van der Waals surface area contributed by atoms with Crippen LogP contribution in [0.2, 0.25) is 0 Å². The van der Waals surface area contributed by atoms with Crippen molar-refractivity contribution >= 4 is 34.0 Å². The van der Waals surface area contributed by atoms with E-state index in [0.29, 0.717) is 30.4 Å². The summed E-state index contributed by atoms with van der Waals surface area (Å²) in [6.07, 6.45) is -2.22. The maximum absolute atomic E-state index is 14.4. The second-order valence-electron chi connectivity index (χ2n) is 14.3. The second-order valence-corrected chi connectivity index (χ2v) is 16.3. The summed E-state index contributed by atoms with van der Waals surface area (Å²) in [5, 5.41) is 13.2. The maximum atomic E-state index is 14.4. The summed E-state index contributed by atoms with van der Waals surface area (Å²) < 4.78 is 84.0. The molecule has 2 aliphatic heterocycles. The minimum Gasteiger partial charge on any atom is -0.356 e. The third-order valence-electron chi connectivity index (χ3n) is 10.2. The fourth-order valence-electron chi connectivity index (χ4n) is 6.84. The van der Waals surface area contributed by atoms with Crippen molar-refractivity contribution in [2.24, 2.45) is 16.8 Å². The summed E-state index contributed by atoms with van der Waals surface area (Å²) in [5.41, 5.74) is -0.370. The molecule has 1 saturated heterocycles. The summed E-state index contributed by atoms with van der Waals surface area (Å²) in [7, 11) is -3.66. The smallest absolute Gasteiger partial charge is 0.356 e. The molecule has 17 heteroatoms. The van der Waals surface area contributed by atoms with Gasteiger partial charge in [0.25, 0.3) is 5.91 Å². The number of ether oxygens (including phenoxy) is 1. The first kappa shape index (κ1) is 39.1. The van der Waals surface area contributed by atoms with Crippen LogP contribution in [-0.4, -0.2) is 95.9 Å². The molecule has 5 rings (SSSR count). The van der Waals surface area contributed by atoms with Gasteiger partial charge in [0.15, 0.2) is 0 Å². The lowest BCUT2D eigenvalue weighted by atomic mass is 9.99. The molecule has 4 aliphatic rings. The summed E-state index contributed by atoms with van der Waals surface area (Å²) in [5.74, 6) is -3.81. The molecule has 0 spiro atoms. The number of amides is 3. The Kier molecular flexibility index (Phi) is 12.1. The number of aliphatic hydroxyl groups is 1. The molecule has 51 heavy (non-hydrogen) atoms. The van der Waals surface area contributed by atoms with E-state index < -0.39 is 88.0 Å². The third kappa shape index (κ3) is 9.64. The zero-order valence-corrected chi connectivity index (χ0v) is 29.7. The molecular weight excluding hydrogens is 698 g/mol. The van der Waals surface area contributed by atoms with Crippen molar-refractivity contribution in [3.63, 3.8) is 0 Å². The molecule has 3 fully saturated rings. The SMILES string of the molecule is CCCCCCC(C=NCCC(F)(F)F)C(=O)N1C[C@H](O[C@H](O)N2Cc3cccc(F)c3C2)C[C@H]1C(=O)N[C@]1(C(=O)NS(=O)(=[OH+])C2CC2)C[C@H]1C. The summed E-state index contributed by atoms with van der Waals surface area (Å²) >= 11 is 0. The topological polar surface area (TPSA) is 162 Å². The molecular formula is C34H48F4N5O7S+. The quantitative estimate of drug-likeness (QED) is 0.0721. The molecule has 2 heterocycles. The van der Waals surface area contributed by atoms with Crippen LogP contribution in [0.15, 0.2) is 23.2 Å². The number of likely N-dealkylation sites (tertiary alicyclic amines) is 1. The Morgan fingerprint density at radius 1 is 1.22 bits per heavy atom. The maximum Gasteiger partial charge on any atom is 0.390 e. The van der Waals surface area contributed by atoms with Crippen molar-refractivity contribution in [3.05, 3.63) is 35.1 Å². The highest BCUT2D eigenvalue weighted by Gasteiger charge is 2.61. The van der Waals surface area contributed by atoms with Gasteiger partial charge in [-0.3, -0.25) is 19.4 Å². The van der Waals surface area contributed by atoms with Crippen LogP contribution in [-0.2, 0) is 42.2 Å². The van der Waals surface area contributed by atoms with Crippen LogP contribution in [0.4, 0.5) is 17.6 Å². The van der Waals surface area contributed by atoms with Crippen molar-refractivity contribution in [2.75, 3.05) is 13.1 Å². The predicted octanol–water partition coefficient (Wildman–Crippen LogP) is 3.67. The van der Waals surface area contributed by atoms with E-state index in [4.69, 9.17) is 4.74 Å². The van der Waals surface area contributed by atoms with Gasteiger partial charge in [-0.15, -0.1) is 0 Å². The molecule has 2 aliphatic carbocycles. The number of nitrogens with zero attached hydrogens (tertiary/aromatic N) is 3. The first-order valence-corrected chi connectivity index (χ1v) is 19.2. The fourth-order valence-corrected chi connectivity index (χ4v) is 8.23. The van der Waals surface area contributed by atoms with Crippen molar-refractivity contribution in [1.29, 1.82) is 0 Å². The lowest BCUT2D eigenvalue weighted by Crippen LogP contribution is -2.57. The molecule has 3 amide bonds. The van der Waals surface area contributed by atoms with Gasteiger partial charge < -0.3 is 20.1 Å². The summed E-state index contributed by atoms with van der Waals surface area (Å²) in [4.78, 5) is 48.1. The van der Waals surface area contributed by atoms with Gasteiger partial charge >= 0.3 is 16.2 Å². The average Bonchev–Trinajstić information content (AvgIpc) is 3.92. The molecule has 4 N–H and O–H groups in total. The number of aliphatic hydroxyl groups excluding tert-OH is 1. The van der Waals surface area contributed by atoms with Crippen molar-refractivity contribution in [3.8, 4) is 0 Å². The molecule has 0 radical (unpaired) electrons. The van der Waals surface area contributed by atoms with E-state index in [1.165, 1.54) is 22.1 Å². The minimum atomic E-state index is -4.42. The first-order chi connectivity index (χ1) is 24.0. The average molecular weight is 747 g/mol. The molecule has 284 valence electrons. The second kappa shape index (κ2) is 15.8. The number of hydrogen-bond acceptors (Lipinski definition) is 8. The number of unbranched alkanes of at least 4 members (excludes halogenated alkanes) is 3. The van der Waals surface area contributed by atoms with Gasteiger partial charge in [-0.25, -0.2) is 18.2 Å². The van der Waals surface area contributed by atoms with Gasteiger partial charge in [-0.05, 0) is 43.2 Å². The van der Waals surface area contributed by atoms with Gasteiger partial charge in [0.1, 0.15) is 22.6 Å². The summed E-state index contributed by atoms with van der Waals surface area (Å²) in [6, 6.07) is 3.42. The van der Waals surface area contributed by atoms with E-state index in [0.717, 1.165) is 19.3 Å². The Hall–Kier alpha value is -3.15. The molecule has 0 bridgehead atoms. The monoisotopic (exact) mass is 746 g/mol. The molecule has 7 atom stereocenters. The number of fused-ring (bicyclic) bond motifs is 1. The number of aliphatic imine (C=N–C) groups is 1. The van der Waals surface area contributed by atoms with E-state index in [9.17, 15) is 45.5 Å². The largest absolute Gasteiger partial charge is 0.390 e. The Morgan fingerprint density at radius 2 is 1.94 bits per heavy atom. The van der Waals surface area contributed by atoms with E-state index in [1.54, 1.807) is 19.1 Å². The van der Waals surface area contributed by atoms with Gasteiger partial charge in [0, 0.05) is 44.4 Å². The number of nitrogens with one attached hydrogen (secondary N) is 2. The zero-order valence-electron chi connectivity index (χ0n) is 28.9. The Balaban J connectivity index is 1.34. The van der Waals surface area contributed by atoms with Crippen LogP contribution in [0.5, 0.6) is 0 Å².